The minimum absolute atomic E-state index is 0.120. The van der Waals surface area contributed by atoms with Gasteiger partial charge in [0, 0.05) is 29.2 Å². The molecule has 0 aliphatic heterocycles. The number of aryl methyl sites for hydroxylation is 1. The fourth-order valence-electron chi connectivity index (χ4n) is 1.56. The van der Waals surface area contributed by atoms with Crippen molar-refractivity contribution in [1.82, 2.24) is 10.3 Å². The summed E-state index contributed by atoms with van der Waals surface area (Å²) in [5.74, 6) is 0. The standard InChI is InChI=1S/C14H18N2OS/c1-10-3-5-12(6-4-10)14-16-8-13(18-14)7-15-11(2)9-17/h3-6,8,11,15,17H,7,9H2,1-2H3/t11-/m1/s1. The minimum Gasteiger partial charge on any atom is -0.395 e. The predicted molar refractivity (Wildman–Crippen MR) is 75.7 cm³/mol. The van der Waals surface area contributed by atoms with E-state index in [9.17, 15) is 0 Å². The summed E-state index contributed by atoms with van der Waals surface area (Å²) in [6.45, 7) is 4.95. The first-order valence-electron chi connectivity index (χ1n) is 6.05. The highest BCUT2D eigenvalue weighted by molar-refractivity contribution is 7.15. The smallest absolute Gasteiger partial charge is 0.123 e. The van der Waals surface area contributed by atoms with E-state index >= 15 is 0 Å². The van der Waals surface area contributed by atoms with Crippen LogP contribution in [0.4, 0.5) is 0 Å². The Labute approximate surface area is 112 Å². The largest absolute Gasteiger partial charge is 0.395 e. The van der Waals surface area contributed by atoms with Gasteiger partial charge in [-0.1, -0.05) is 29.8 Å². The molecule has 2 rings (SSSR count). The molecule has 2 aromatic rings. The van der Waals surface area contributed by atoms with Gasteiger partial charge in [-0.15, -0.1) is 11.3 Å². The van der Waals surface area contributed by atoms with Crippen LogP contribution >= 0.6 is 11.3 Å². The molecule has 0 amide bonds. The lowest BCUT2D eigenvalue weighted by atomic mass is 10.2. The summed E-state index contributed by atoms with van der Waals surface area (Å²) in [4.78, 5) is 5.62. The van der Waals surface area contributed by atoms with Crippen molar-refractivity contribution < 1.29 is 5.11 Å². The van der Waals surface area contributed by atoms with Crippen molar-refractivity contribution in [3.63, 3.8) is 0 Å². The van der Waals surface area contributed by atoms with Crippen molar-refractivity contribution in [2.45, 2.75) is 26.4 Å². The fourth-order valence-corrected chi connectivity index (χ4v) is 2.43. The maximum absolute atomic E-state index is 8.95. The van der Waals surface area contributed by atoms with Gasteiger partial charge in [0.1, 0.15) is 5.01 Å². The van der Waals surface area contributed by atoms with E-state index in [1.165, 1.54) is 10.4 Å². The van der Waals surface area contributed by atoms with Gasteiger partial charge in [-0.3, -0.25) is 0 Å². The first-order chi connectivity index (χ1) is 8.69. The Morgan fingerprint density at radius 3 is 2.72 bits per heavy atom. The van der Waals surface area contributed by atoms with E-state index in [1.807, 2.05) is 13.1 Å². The molecule has 0 fully saturated rings. The Morgan fingerprint density at radius 1 is 1.33 bits per heavy atom. The molecule has 0 saturated carbocycles. The zero-order valence-corrected chi connectivity index (χ0v) is 11.5. The summed E-state index contributed by atoms with van der Waals surface area (Å²) in [6, 6.07) is 8.52. The number of benzene rings is 1. The molecule has 3 nitrogen and oxygen atoms in total. The minimum atomic E-state index is 0.120. The Balaban J connectivity index is 2.03. The quantitative estimate of drug-likeness (QED) is 0.870. The number of nitrogens with one attached hydrogen (secondary N) is 1. The van der Waals surface area contributed by atoms with Crippen LogP contribution < -0.4 is 5.32 Å². The predicted octanol–water partition coefficient (Wildman–Crippen LogP) is 2.59. The molecule has 1 atom stereocenters. The molecular formula is C14H18N2OS. The van der Waals surface area contributed by atoms with Gasteiger partial charge in [-0.2, -0.15) is 0 Å². The number of aliphatic hydroxyl groups is 1. The molecule has 0 aliphatic carbocycles. The molecule has 0 radical (unpaired) electrons. The lowest BCUT2D eigenvalue weighted by Gasteiger charge is -2.08. The fraction of sp³-hybridized carbons (Fsp3) is 0.357. The van der Waals surface area contributed by atoms with Gasteiger partial charge in [0.2, 0.25) is 0 Å². The highest BCUT2D eigenvalue weighted by Crippen LogP contribution is 2.25. The summed E-state index contributed by atoms with van der Waals surface area (Å²) in [5, 5.41) is 13.2. The molecule has 4 heteroatoms. The molecule has 96 valence electrons. The van der Waals surface area contributed by atoms with Crippen LogP contribution in [0.15, 0.2) is 30.5 Å². The van der Waals surface area contributed by atoms with Crippen molar-refractivity contribution in [2.75, 3.05) is 6.61 Å². The van der Waals surface area contributed by atoms with Crippen LogP contribution in [0.25, 0.3) is 10.6 Å². The summed E-state index contributed by atoms with van der Waals surface area (Å²) in [5.41, 5.74) is 2.42. The van der Waals surface area contributed by atoms with E-state index in [0.29, 0.717) is 0 Å². The summed E-state index contributed by atoms with van der Waals surface area (Å²) in [6.07, 6.45) is 1.90. The van der Waals surface area contributed by atoms with Crippen LogP contribution in [0, 0.1) is 6.92 Å². The molecule has 1 heterocycles. The SMILES string of the molecule is Cc1ccc(-c2ncc(CN[C@H](C)CO)s2)cc1. The second kappa shape index (κ2) is 6.09. The lowest BCUT2D eigenvalue weighted by molar-refractivity contribution is 0.251. The number of hydrogen-bond donors (Lipinski definition) is 2. The highest BCUT2D eigenvalue weighted by Gasteiger charge is 2.05. The summed E-state index contributed by atoms with van der Waals surface area (Å²) < 4.78 is 0. The van der Waals surface area contributed by atoms with Gasteiger partial charge in [-0.05, 0) is 13.8 Å². The number of aromatic nitrogens is 1. The van der Waals surface area contributed by atoms with E-state index in [-0.39, 0.29) is 12.6 Å². The Bertz CT molecular complexity index is 493. The first-order valence-corrected chi connectivity index (χ1v) is 6.86. The second-order valence-electron chi connectivity index (χ2n) is 4.46. The van der Waals surface area contributed by atoms with Crippen molar-refractivity contribution >= 4 is 11.3 Å². The Morgan fingerprint density at radius 2 is 2.06 bits per heavy atom. The number of rotatable bonds is 5. The number of thiazole rings is 1. The van der Waals surface area contributed by atoms with Crippen molar-refractivity contribution in [2.24, 2.45) is 0 Å². The number of nitrogens with zero attached hydrogens (tertiary/aromatic N) is 1. The van der Waals surface area contributed by atoms with E-state index in [2.05, 4.69) is 41.5 Å². The zero-order chi connectivity index (χ0) is 13.0. The zero-order valence-electron chi connectivity index (χ0n) is 10.7. The Kier molecular flexibility index (Phi) is 4.47. The third-order valence-corrected chi connectivity index (χ3v) is 3.80. The molecule has 0 bridgehead atoms. The maximum Gasteiger partial charge on any atom is 0.123 e. The molecule has 0 unspecified atom stereocenters. The van der Waals surface area contributed by atoms with E-state index in [1.54, 1.807) is 11.3 Å². The van der Waals surface area contributed by atoms with Crippen molar-refractivity contribution in [3.05, 3.63) is 40.9 Å². The van der Waals surface area contributed by atoms with Crippen molar-refractivity contribution in [1.29, 1.82) is 0 Å². The van der Waals surface area contributed by atoms with E-state index < -0.39 is 0 Å². The molecule has 0 aliphatic rings. The van der Waals surface area contributed by atoms with Gasteiger partial charge in [0.15, 0.2) is 0 Å². The summed E-state index contributed by atoms with van der Waals surface area (Å²) in [7, 11) is 0. The third kappa shape index (κ3) is 3.38. The number of hydrogen-bond acceptors (Lipinski definition) is 4. The van der Waals surface area contributed by atoms with Gasteiger partial charge >= 0.3 is 0 Å². The van der Waals surface area contributed by atoms with E-state index in [0.717, 1.165) is 17.1 Å². The molecule has 2 N–H and O–H groups in total. The topological polar surface area (TPSA) is 45.2 Å². The molecule has 0 saturated heterocycles. The molecule has 0 spiro atoms. The maximum atomic E-state index is 8.95. The third-order valence-electron chi connectivity index (χ3n) is 2.75. The normalized spacial score (nSPS) is 12.6. The van der Waals surface area contributed by atoms with Gasteiger partial charge in [0.25, 0.3) is 0 Å². The van der Waals surface area contributed by atoms with Crippen LogP contribution in [0.5, 0.6) is 0 Å². The average Bonchev–Trinajstić information content (AvgIpc) is 2.85. The molecule has 18 heavy (non-hydrogen) atoms. The van der Waals surface area contributed by atoms with E-state index in [4.69, 9.17) is 5.11 Å². The molecule has 1 aromatic heterocycles. The first kappa shape index (κ1) is 13.2. The van der Waals surface area contributed by atoms with Crippen LogP contribution in [0.1, 0.15) is 17.4 Å². The van der Waals surface area contributed by atoms with Gasteiger partial charge in [0.05, 0.1) is 6.61 Å². The van der Waals surface area contributed by atoms with Crippen molar-refractivity contribution in [3.8, 4) is 10.6 Å². The lowest BCUT2D eigenvalue weighted by Crippen LogP contribution is -2.28. The summed E-state index contributed by atoms with van der Waals surface area (Å²) >= 11 is 1.69. The molecule has 1 aromatic carbocycles. The van der Waals surface area contributed by atoms with Gasteiger partial charge in [-0.25, -0.2) is 4.98 Å². The Hall–Kier alpha value is -1.23. The highest BCUT2D eigenvalue weighted by atomic mass is 32.1. The number of aliphatic hydroxyl groups excluding tert-OH is 1. The van der Waals surface area contributed by atoms with Crippen LogP contribution in [-0.2, 0) is 6.54 Å². The van der Waals surface area contributed by atoms with Crippen LogP contribution in [-0.4, -0.2) is 22.7 Å². The van der Waals surface area contributed by atoms with Crippen LogP contribution in [0.2, 0.25) is 0 Å². The average molecular weight is 262 g/mol. The van der Waals surface area contributed by atoms with Gasteiger partial charge < -0.3 is 10.4 Å². The molecular weight excluding hydrogens is 244 g/mol. The monoisotopic (exact) mass is 262 g/mol. The second-order valence-corrected chi connectivity index (χ2v) is 5.58. The van der Waals surface area contributed by atoms with Crippen LogP contribution in [0.3, 0.4) is 0 Å².